The third-order valence-electron chi connectivity index (χ3n) is 2.90. The second-order valence-electron chi connectivity index (χ2n) is 4.57. The molecule has 1 heterocycles. The maximum atomic E-state index is 13.0. The van der Waals surface area contributed by atoms with Gasteiger partial charge in [0.25, 0.3) is 0 Å². The molecule has 2 aromatic rings. The van der Waals surface area contributed by atoms with Crippen LogP contribution in [0.4, 0.5) is 4.39 Å². The van der Waals surface area contributed by atoms with Crippen molar-refractivity contribution in [3.63, 3.8) is 0 Å². The summed E-state index contributed by atoms with van der Waals surface area (Å²) in [4.78, 5) is 8.47. The van der Waals surface area contributed by atoms with E-state index in [1.165, 1.54) is 12.1 Å². The van der Waals surface area contributed by atoms with Crippen LogP contribution in [0.1, 0.15) is 25.2 Å². The monoisotopic (exact) mass is 362 g/mol. The highest BCUT2D eigenvalue weighted by Crippen LogP contribution is 2.34. The van der Waals surface area contributed by atoms with Gasteiger partial charge in [-0.3, -0.25) is 0 Å². The summed E-state index contributed by atoms with van der Waals surface area (Å²) < 4.78 is 13.4. The molecule has 0 fully saturated rings. The van der Waals surface area contributed by atoms with Crippen LogP contribution in [0.15, 0.2) is 28.7 Å². The Balaban J connectivity index is 2.52. The van der Waals surface area contributed by atoms with Crippen LogP contribution in [-0.2, 0) is 5.41 Å². The molecular formula is C13H10BrCl2FN2. The molecule has 0 unspecified atom stereocenters. The molecule has 19 heavy (non-hydrogen) atoms. The van der Waals surface area contributed by atoms with E-state index in [1.807, 2.05) is 13.8 Å². The van der Waals surface area contributed by atoms with Gasteiger partial charge in [-0.2, -0.15) is 0 Å². The van der Waals surface area contributed by atoms with Crippen LogP contribution in [0.5, 0.6) is 0 Å². The Morgan fingerprint density at radius 2 is 1.53 bits per heavy atom. The molecule has 0 aliphatic carbocycles. The summed E-state index contributed by atoms with van der Waals surface area (Å²) in [6, 6.07) is 6.20. The fourth-order valence-electron chi connectivity index (χ4n) is 1.67. The van der Waals surface area contributed by atoms with Crippen molar-refractivity contribution < 1.29 is 4.39 Å². The standard InChI is InChI=1S/C13H10BrCl2FN2/c1-13(2,7-3-5-8(17)6-4-7)12-18-10(15)9(14)11(16)19-12/h3-6H,1-2H3. The van der Waals surface area contributed by atoms with Crippen molar-refractivity contribution in [2.45, 2.75) is 19.3 Å². The van der Waals surface area contributed by atoms with E-state index in [2.05, 4.69) is 25.9 Å². The van der Waals surface area contributed by atoms with Gasteiger partial charge in [-0.1, -0.05) is 35.3 Å². The molecule has 0 radical (unpaired) electrons. The fourth-order valence-corrected chi connectivity index (χ4v) is 2.23. The second kappa shape index (κ2) is 5.35. The quantitative estimate of drug-likeness (QED) is 0.701. The predicted molar refractivity (Wildman–Crippen MR) is 78.3 cm³/mol. The van der Waals surface area contributed by atoms with Crippen molar-refractivity contribution in [1.29, 1.82) is 0 Å². The first-order valence-corrected chi connectivity index (χ1v) is 7.02. The zero-order valence-electron chi connectivity index (χ0n) is 10.2. The number of aromatic nitrogens is 2. The zero-order chi connectivity index (χ0) is 14.2. The molecular weight excluding hydrogens is 354 g/mol. The highest BCUT2D eigenvalue weighted by atomic mass is 79.9. The van der Waals surface area contributed by atoms with E-state index in [9.17, 15) is 4.39 Å². The highest BCUT2D eigenvalue weighted by molar-refractivity contribution is 9.10. The summed E-state index contributed by atoms with van der Waals surface area (Å²) in [7, 11) is 0. The third-order valence-corrected chi connectivity index (χ3v) is 4.65. The van der Waals surface area contributed by atoms with Crippen LogP contribution >= 0.6 is 39.1 Å². The minimum absolute atomic E-state index is 0.255. The lowest BCUT2D eigenvalue weighted by atomic mass is 9.84. The molecule has 0 N–H and O–H groups in total. The van der Waals surface area contributed by atoms with Gasteiger partial charge in [-0.15, -0.1) is 0 Å². The molecule has 0 bridgehead atoms. The van der Waals surface area contributed by atoms with E-state index in [0.717, 1.165) is 5.56 Å². The number of halogens is 4. The smallest absolute Gasteiger partial charge is 0.148 e. The van der Waals surface area contributed by atoms with E-state index in [4.69, 9.17) is 23.2 Å². The first-order chi connectivity index (χ1) is 8.82. The van der Waals surface area contributed by atoms with E-state index in [1.54, 1.807) is 12.1 Å². The lowest BCUT2D eigenvalue weighted by Gasteiger charge is -2.24. The first kappa shape index (κ1) is 14.7. The van der Waals surface area contributed by atoms with Gasteiger partial charge in [0.15, 0.2) is 0 Å². The van der Waals surface area contributed by atoms with E-state index >= 15 is 0 Å². The highest BCUT2D eigenvalue weighted by Gasteiger charge is 2.28. The van der Waals surface area contributed by atoms with E-state index in [0.29, 0.717) is 10.3 Å². The van der Waals surface area contributed by atoms with Gasteiger partial charge in [-0.05, 0) is 47.5 Å². The number of rotatable bonds is 2. The molecule has 100 valence electrons. The number of nitrogens with zero attached hydrogens (tertiary/aromatic N) is 2. The number of hydrogen-bond acceptors (Lipinski definition) is 2. The fraction of sp³-hybridized carbons (Fsp3) is 0.231. The van der Waals surface area contributed by atoms with Gasteiger partial charge in [0.1, 0.15) is 21.9 Å². The molecule has 0 aliphatic heterocycles. The van der Waals surface area contributed by atoms with Gasteiger partial charge in [0.05, 0.1) is 4.47 Å². The summed E-state index contributed by atoms with van der Waals surface area (Å²) in [6.07, 6.45) is 0. The predicted octanol–water partition coefficient (Wildman–Crippen LogP) is 5.01. The first-order valence-electron chi connectivity index (χ1n) is 5.47. The van der Waals surface area contributed by atoms with Crippen LogP contribution in [-0.4, -0.2) is 9.97 Å². The lowest BCUT2D eigenvalue weighted by molar-refractivity contribution is 0.582. The van der Waals surface area contributed by atoms with E-state index in [-0.39, 0.29) is 16.1 Å². The van der Waals surface area contributed by atoms with Gasteiger partial charge in [0.2, 0.25) is 0 Å². The zero-order valence-corrected chi connectivity index (χ0v) is 13.3. The Morgan fingerprint density at radius 3 is 2.00 bits per heavy atom. The summed E-state index contributed by atoms with van der Waals surface area (Å²) in [5.74, 6) is 0.199. The molecule has 1 aromatic heterocycles. The largest absolute Gasteiger partial charge is 0.219 e. The van der Waals surface area contributed by atoms with Gasteiger partial charge in [-0.25, -0.2) is 14.4 Å². The van der Waals surface area contributed by atoms with E-state index < -0.39 is 5.41 Å². The molecule has 0 aliphatic rings. The average Bonchev–Trinajstić information content (AvgIpc) is 2.35. The molecule has 2 rings (SSSR count). The third kappa shape index (κ3) is 2.91. The van der Waals surface area contributed by atoms with Crippen LogP contribution in [0, 0.1) is 5.82 Å². The minimum atomic E-state index is -0.526. The Kier molecular flexibility index (Phi) is 4.14. The summed E-state index contributed by atoms with van der Waals surface area (Å²) in [5, 5.41) is 0.510. The van der Waals surface area contributed by atoms with Crippen molar-refractivity contribution in [1.82, 2.24) is 9.97 Å². The Morgan fingerprint density at radius 1 is 1.05 bits per heavy atom. The molecule has 6 heteroatoms. The van der Waals surface area contributed by atoms with Crippen molar-refractivity contribution in [3.05, 3.63) is 56.2 Å². The Labute approximate surface area is 129 Å². The summed E-state index contributed by atoms with van der Waals surface area (Å²) in [5.41, 5.74) is 0.352. The molecule has 0 saturated heterocycles. The Bertz CT molecular complexity index is 592. The lowest BCUT2D eigenvalue weighted by Crippen LogP contribution is -2.22. The Hall–Kier alpha value is -0.710. The van der Waals surface area contributed by atoms with Crippen LogP contribution < -0.4 is 0 Å². The topological polar surface area (TPSA) is 25.8 Å². The maximum Gasteiger partial charge on any atom is 0.148 e. The molecule has 0 spiro atoms. The SMILES string of the molecule is CC(C)(c1ccc(F)cc1)c1nc(Cl)c(Br)c(Cl)n1. The van der Waals surface area contributed by atoms with Crippen LogP contribution in [0.2, 0.25) is 10.3 Å². The van der Waals surface area contributed by atoms with Crippen molar-refractivity contribution in [3.8, 4) is 0 Å². The molecule has 2 nitrogen and oxygen atoms in total. The minimum Gasteiger partial charge on any atom is -0.219 e. The van der Waals surface area contributed by atoms with Crippen molar-refractivity contribution in [2.24, 2.45) is 0 Å². The molecule has 0 atom stereocenters. The average molecular weight is 364 g/mol. The van der Waals surface area contributed by atoms with Crippen molar-refractivity contribution in [2.75, 3.05) is 0 Å². The van der Waals surface area contributed by atoms with Gasteiger partial charge in [0, 0.05) is 5.41 Å². The second-order valence-corrected chi connectivity index (χ2v) is 6.08. The number of hydrogen-bond donors (Lipinski definition) is 0. The van der Waals surface area contributed by atoms with Crippen LogP contribution in [0.3, 0.4) is 0 Å². The molecule has 0 amide bonds. The number of benzene rings is 1. The summed E-state index contributed by atoms with van der Waals surface area (Å²) in [6.45, 7) is 3.85. The van der Waals surface area contributed by atoms with Crippen LogP contribution in [0.25, 0.3) is 0 Å². The molecule has 0 saturated carbocycles. The molecule has 1 aromatic carbocycles. The van der Waals surface area contributed by atoms with Gasteiger partial charge < -0.3 is 0 Å². The normalized spacial score (nSPS) is 11.7. The summed E-state index contributed by atoms with van der Waals surface area (Å²) >= 11 is 15.2. The maximum absolute atomic E-state index is 13.0. The van der Waals surface area contributed by atoms with Gasteiger partial charge >= 0.3 is 0 Å². The van der Waals surface area contributed by atoms with Crippen molar-refractivity contribution >= 4 is 39.1 Å².